The van der Waals surface area contributed by atoms with Gasteiger partial charge < -0.3 is 77.8 Å². The molecule has 1 amide bonds. The van der Waals surface area contributed by atoms with Gasteiger partial charge in [-0.1, -0.05) is 0 Å². The molecule has 0 spiro atoms. The molecule has 1 unspecified atom stereocenters. The number of nitrogens with two attached hydrogens (primary N) is 3. The molecule has 2 saturated heterocycles. The van der Waals surface area contributed by atoms with Crippen molar-refractivity contribution in [3.05, 3.63) is 11.8 Å². The number of nitrogens with one attached hydrogen (secondary N) is 4. The fourth-order valence-electron chi connectivity index (χ4n) is 6.77. The summed E-state index contributed by atoms with van der Waals surface area (Å²) >= 11 is 0. The van der Waals surface area contributed by atoms with Gasteiger partial charge in [0.1, 0.15) is 35.8 Å². The molecule has 2 aliphatic carbocycles. The van der Waals surface area contributed by atoms with E-state index in [0.29, 0.717) is 31.8 Å². The van der Waals surface area contributed by atoms with Crippen LogP contribution in [0.4, 0.5) is 0 Å². The third-order valence-electron chi connectivity index (χ3n) is 10.0. The first-order valence-corrected chi connectivity index (χ1v) is 16.0. The molecule has 16 heteroatoms. The Morgan fingerprint density at radius 3 is 2.49 bits per heavy atom. The molecule has 45 heavy (non-hydrogen) atoms. The second kappa shape index (κ2) is 13.9. The SMILES string of the molecule is CN[C@@H]1[C@@H](O)[C@@H](O[C@@H]2[C@@H](O)[C@H](O[C@H]3OC(CNCC4(CN)CC4)=CC[C@H]3N)[C@@H](N)C[C@H]2NC(=O)C2(O)CCNC2)OC[C@]1(C)O. The van der Waals surface area contributed by atoms with Crippen molar-refractivity contribution in [1.82, 2.24) is 21.3 Å². The summed E-state index contributed by atoms with van der Waals surface area (Å²) in [6.45, 7) is 3.80. The number of hydrogen-bond donors (Lipinski definition) is 11. The van der Waals surface area contributed by atoms with E-state index in [2.05, 4.69) is 21.3 Å². The lowest BCUT2D eigenvalue weighted by atomic mass is 9.83. The first-order valence-electron chi connectivity index (χ1n) is 16.0. The van der Waals surface area contributed by atoms with Gasteiger partial charge >= 0.3 is 0 Å². The summed E-state index contributed by atoms with van der Waals surface area (Å²) in [4.78, 5) is 13.2. The van der Waals surface area contributed by atoms with Gasteiger partial charge in [-0.25, -0.2) is 0 Å². The predicted octanol–water partition coefficient (Wildman–Crippen LogP) is -4.60. The van der Waals surface area contributed by atoms with E-state index in [1.165, 1.54) is 6.92 Å². The van der Waals surface area contributed by atoms with Crippen LogP contribution in [0.25, 0.3) is 0 Å². The third kappa shape index (κ3) is 7.64. The molecule has 16 nitrogen and oxygen atoms in total. The number of carbonyl (C=O) groups excluding carboxylic acids is 1. The molecule has 3 aliphatic heterocycles. The molecular weight excluding hydrogens is 590 g/mol. The van der Waals surface area contributed by atoms with E-state index in [0.717, 1.165) is 19.4 Å². The molecule has 0 bridgehead atoms. The van der Waals surface area contributed by atoms with Crippen molar-refractivity contribution in [2.45, 2.75) is 111 Å². The highest BCUT2D eigenvalue weighted by Crippen LogP contribution is 2.43. The van der Waals surface area contributed by atoms with Crippen LogP contribution in [-0.4, -0.2) is 145 Å². The first-order chi connectivity index (χ1) is 21.3. The average Bonchev–Trinajstić information content (AvgIpc) is 3.64. The van der Waals surface area contributed by atoms with E-state index in [1.54, 1.807) is 7.05 Å². The molecular formula is C29H53N7O9. The van der Waals surface area contributed by atoms with Crippen LogP contribution in [0, 0.1) is 5.41 Å². The topological polar surface area (TPSA) is 261 Å². The van der Waals surface area contributed by atoms with Crippen LogP contribution < -0.4 is 38.5 Å². The van der Waals surface area contributed by atoms with Crippen LogP contribution in [0.15, 0.2) is 11.8 Å². The molecule has 14 N–H and O–H groups in total. The minimum atomic E-state index is -1.63. The molecule has 3 heterocycles. The number of hydrogen-bond acceptors (Lipinski definition) is 15. The fraction of sp³-hybridized carbons (Fsp3) is 0.897. The Kier molecular flexibility index (Phi) is 10.8. The molecule has 5 aliphatic rings. The number of carbonyl (C=O) groups is 1. The predicted molar refractivity (Wildman–Crippen MR) is 161 cm³/mol. The van der Waals surface area contributed by atoms with Crippen LogP contribution >= 0.6 is 0 Å². The molecule has 4 fully saturated rings. The molecule has 5 rings (SSSR count). The highest BCUT2D eigenvalue weighted by molar-refractivity contribution is 5.86. The van der Waals surface area contributed by atoms with E-state index in [4.69, 9.17) is 36.1 Å². The zero-order valence-corrected chi connectivity index (χ0v) is 26.2. The lowest BCUT2D eigenvalue weighted by Gasteiger charge is -2.49. The Balaban J connectivity index is 1.29. The lowest BCUT2D eigenvalue weighted by Crippen LogP contribution is -2.70. The molecule has 2 saturated carbocycles. The maximum absolute atomic E-state index is 13.2. The lowest BCUT2D eigenvalue weighted by molar-refractivity contribution is -0.304. The minimum absolute atomic E-state index is 0.0790. The number of aliphatic hydroxyl groups is 4. The van der Waals surface area contributed by atoms with E-state index in [1.807, 2.05) is 6.08 Å². The van der Waals surface area contributed by atoms with Crippen molar-refractivity contribution in [2.24, 2.45) is 22.6 Å². The van der Waals surface area contributed by atoms with Crippen LogP contribution in [-0.2, 0) is 23.7 Å². The van der Waals surface area contributed by atoms with Crippen molar-refractivity contribution in [3.63, 3.8) is 0 Å². The van der Waals surface area contributed by atoms with Crippen molar-refractivity contribution >= 4 is 5.91 Å². The molecule has 0 aromatic carbocycles. The minimum Gasteiger partial charge on any atom is -0.467 e. The van der Waals surface area contributed by atoms with Crippen molar-refractivity contribution in [2.75, 3.05) is 46.4 Å². The summed E-state index contributed by atoms with van der Waals surface area (Å²) in [5, 5.41) is 56.4. The van der Waals surface area contributed by atoms with Gasteiger partial charge in [0.05, 0.1) is 31.3 Å². The summed E-state index contributed by atoms with van der Waals surface area (Å²) in [5.74, 6) is 0.0298. The highest BCUT2D eigenvalue weighted by atomic mass is 16.7. The number of likely N-dealkylation sites (N-methyl/N-ethyl adjacent to an activating group) is 1. The monoisotopic (exact) mass is 643 g/mol. The number of rotatable bonds is 12. The van der Waals surface area contributed by atoms with E-state index >= 15 is 0 Å². The zero-order chi connectivity index (χ0) is 32.6. The molecule has 258 valence electrons. The zero-order valence-electron chi connectivity index (χ0n) is 26.2. The normalized spacial score (nSPS) is 44.6. The van der Waals surface area contributed by atoms with Gasteiger partial charge in [-0.15, -0.1) is 0 Å². The van der Waals surface area contributed by atoms with Gasteiger partial charge in [-0.3, -0.25) is 4.79 Å². The Hall–Kier alpha value is -1.51. The number of aliphatic hydroxyl groups excluding tert-OH is 2. The molecule has 0 radical (unpaired) electrons. The Morgan fingerprint density at radius 2 is 1.84 bits per heavy atom. The quantitative estimate of drug-likeness (QED) is 0.0956. The van der Waals surface area contributed by atoms with Gasteiger partial charge in [0.2, 0.25) is 6.29 Å². The molecule has 0 aromatic rings. The van der Waals surface area contributed by atoms with Crippen LogP contribution in [0.1, 0.15) is 39.0 Å². The van der Waals surface area contributed by atoms with Gasteiger partial charge in [-0.05, 0) is 70.7 Å². The summed E-state index contributed by atoms with van der Waals surface area (Å²) in [6, 6.07) is -3.00. The van der Waals surface area contributed by atoms with Gasteiger partial charge in [0, 0.05) is 19.1 Å². The standard InChI is InChI=1S/C29H53N7O9/c1-27(40)14-42-25(20(38)23(27)33-2)45-22-18(36-26(39)29(41)7-8-34-13-29)9-17(32)21(19(22)37)44-24-16(31)4-3-15(43-24)10-35-12-28(11-30)5-6-28/h3,16-25,33-35,37-38,40-41H,4-14,30-32H2,1-2H3,(H,36,39)/t16-,17+,18-,19+,20-,21-,22+,23-,24-,25-,27+,29?/m1/s1. The van der Waals surface area contributed by atoms with Crippen LogP contribution in [0.5, 0.6) is 0 Å². The fourth-order valence-corrected chi connectivity index (χ4v) is 6.77. The maximum atomic E-state index is 13.2. The maximum Gasteiger partial charge on any atom is 0.253 e. The molecule has 12 atom stereocenters. The van der Waals surface area contributed by atoms with Gasteiger partial charge in [0.25, 0.3) is 5.91 Å². The summed E-state index contributed by atoms with van der Waals surface area (Å²) in [7, 11) is 1.59. The van der Waals surface area contributed by atoms with E-state index in [-0.39, 0.29) is 31.4 Å². The Bertz CT molecular complexity index is 1060. The molecule has 0 aromatic heterocycles. The van der Waals surface area contributed by atoms with Gasteiger partial charge in [-0.2, -0.15) is 0 Å². The Morgan fingerprint density at radius 1 is 1.11 bits per heavy atom. The van der Waals surface area contributed by atoms with E-state index in [9.17, 15) is 25.2 Å². The van der Waals surface area contributed by atoms with Crippen LogP contribution in [0.3, 0.4) is 0 Å². The summed E-state index contributed by atoms with van der Waals surface area (Å²) < 4.78 is 24.2. The second-order valence-electron chi connectivity index (χ2n) is 13.8. The Labute approximate surface area is 263 Å². The summed E-state index contributed by atoms with van der Waals surface area (Å²) in [5.41, 5.74) is 15.9. The average molecular weight is 644 g/mol. The second-order valence-corrected chi connectivity index (χ2v) is 13.8. The van der Waals surface area contributed by atoms with Crippen molar-refractivity contribution in [1.29, 1.82) is 0 Å². The van der Waals surface area contributed by atoms with Crippen LogP contribution in [0.2, 0.25) is 0 Å². The number of β-amino-alcohol motifs (C(OH)–C–C–N with tert-alkyl or cyclic N) is 1. The number of ether oxygens (including phenoxy) is 4. The largest absolute Gasteiger partial charge is 0.467 e. The van der Waals surface area contributed by atoms with Crippen molar-refractivity contribution in [3.8, 4) is 0 Å². The summed E-state index contributed by atoms with van der Waals surface area (Å²) in [6.07, 6.45) is -2.24. The third-order valence-corrected chi connectivity index (χ3v) is 10.0. The van der Waals surface area contributed by atoms with E-state index < -0.39 is 78.3 Å². The number of amides is 1. The van der Waals surface area contributed by atoms with Crippen molar-refractivity contribution < 1.29 is 44.2 Å². The smallest absolute Gasteiger partial charge is 0.253 e. The first kappa shape index (κ1) is 34.8. The highest BCUT2D eigenvalue weighted by Gasteiger charge is 2.53. The van der Waals surface area contributed by atoms with Gasteiger partial charge in [0.15, 0.2) is 11.9 Å².